The SMILES string of the molecule is CCOC(=O)c1cc(OC)c(CBr)cc1F. The average molecular weight is 291 g/mol. The number of ether oxygens (including phenoxy) is 2. The Morgan fingerprint density at radius 1 is 1.50 bits per heavy atom. The standard InChI is InChI=1S/C11H12BrFO3/c1-3-16-11(14)8-5-10(15-2)7(6-12)4-9(8)13/h4-5H,3,6H2,1-2H3. The van der Waals surface area contributed by atoms with Crippen molar-refractivity contribution in [1.29, 1.82) is 0 Å². The van der Waals surface area contributed by atoms with Gasteiger partial charge in [-0.25, -0.2) is 9.18 Å². The molecule has 0 saturated carbocycles. The van der Waals surface area contributed by atoms with E-state index in [1.165, 1.54) is 19.2 Å². The van der Waals surface area contributed by atoms with E-state index in [2.05, 4.69) is 15.9 Å². The molecule has 5 heteroatoms. The molecule has 16 heavy (non-hydrogen) atoms. The van der Waals surface area contributed by atoms with Gasteiger partial charge in [-0.05, 0) is 19.1 Å². The first-order valence-corrected chi connectivity index (χ1v) is 5.85. The number of rotatable bonds is 4. The summed E-state index contributed by atoms with van der Waals surface area (Å²) in [6.07, 6.45) is 0. The summed E-state index contributed by atoms with van der Waals surface area (Å²) in [6.45, 7) is 1.88. The first-order valence-electron chi connectivity index (χ1n) is 4.73. The van der Waals surface area contributed by atoms with Crippen molar-refractivity contribution in [2.75, 3.05) is 13.7 Å². The molecule has 0 fully saturated rings. The lowest BCUT2D eigenvalue weighted by Gasteiger charge is -2.09. The second-order valence-electron chi connectivity index (χ2n) is 3.00. The van der Waals surface area contributed by atoms with E-state index in [9.17, 15) is 9.18 Å². The van der Waals surface area contributed by atoms with Gasteiger partial charge in [0.15, 0.2) is 0 Å². The zero-order chi connectivity index (χ0) is 12.1. The molecule has 0 aromatic heterocycles. The van der Waals surface area contributed by atoms with Crippen molar-refractivity contribution in [3.05, 3.63) is 29.1 Å². The lowest BCUT2D eigenvalue weighted by molar-refractivity contribution is 0.0520. The summed E-state index contributed by atoms with van der Waals surface area (Å²) in [5, 5.41) is 0.455. The third kappa shape index (κ3) is 2.72. The normalized spacial score (nSPS) is 10.0. The van der Waals surface area contributed by atoms with Crippen LogP contribution in [0.5, 0.6) is 5.75 Å². The number of alkyl halides is 1. The van der Waals surface area contributed by atoms with Crippen LogP contribution in [0.15, 0.2) is 12.1 Å². The van der Waals surface area contributed by atoms with Crippen LogP contribution < -0.4 is 4.74 Å². The molecule has 0 spiro atoms. The minimum Gasteiger partial charge on any atom is -0.496 e. The summed E-state index contributed by atoms with van der Waals surface area (Å²) < 4.78 is 23.3. The van der Waals surface area contributed by atoms with E-state index >= 15 is 0 Å². The summed E-state index contributed by atoms with van der Waals surface area (Å²) >= 11 is 3.21. The van der Waals surface area contributed by atoms with Crippen LogP contribution in [0, 0.1) is 5.82 Å². The van der Waals surface area contributed by atoms with Crippen LogP contribution in [-0.2, 0) is 10.1 Å². The van der Waals surface area contributed by atoms with Crippen LogP contribution in [-0.4, -0.2) is 19.7 Å². The fourth-order valence-corrected chi connectivity index (χ4v) is 1.69. The molecule has 1 rings (SSSR count). The summed E-state index contributed by atoms with van der Waals surface area (Å²) in [7, 11) is 1.47. The number of carbonyl (C=O) groups is 1. The zero-order valence-electron chi connectivity index (χ0n) is 9.05. The monoisotopic (exact) mass is 290 g/mol. The first kappa shape index (κ1) is 13.0. The highest BCUT2D eigenvalue weighted by atomic mass is 79.9. The van der Waals surface area contributed by atoms with E-state index in [0.29, 0.717) is 16.6 Å². The second kappa shape index (κ2) is 5.84. The van der Waals surface area contributed by atoms with E-state index < -0.39 is 11.8 Å². The highest BCUT2D eigenvalue weighted by molar-refractivity contribution is 9.08. The lowest BCUT2D eigenvalue weighted by Crippen LogP contribution is -2.08. The Kier molecular flexibility index (Phi) is 4.73. The van der Waals surface area contributed by atoms with Gasteiger partial charge in [0.2, 0.25) is 0 Å². The molecule has 0 aliphatic rings. The van der Waals surface area contributed by atoms with Crippen LogP contribution in [0.4, 0.5) is 4.39 Å². The molecule has 0 heterocycles. The molecule has 0 saturated heterocycles. The number of halogens is 2. The summed E-state index contributed by atoms with van der Waals surface area (Å²) in [4.78, 5) is 11.4. The molecular weight excluding hydrogens is 279 g/mol. The number of hydrogen-bond acceptors (Lipinski definition) is 3. The molecule has 3 nitrogen and oxygen atoms in total. The van der Waals surface area contributed by atoms with Gasteiger partial charge < -0.3 is 9.47 Å². The van der Waals surface area contributed by atoms with Gasteiger partial charge in [0.25, 0.3) is 0 Å². The fraction of sp³-hybridized carbons (Fsp3) is 0.364. The predicted octanol–water partition coefficient (Wildman–Crippen LogP) is 2.91. The van der Waals surface area contributed by atoms with Gasteiger partial charge in [-0.15, -0.1) is 0 Å². The molecule has 0 radical (unpaired) electrons. The third-order valence-electron chi connectivity index (χ3n) is 2.01. The van der Waals surface area contributed by atoms with Crippen molar-refractivity contribution in [3.63, 3.8) is 0 Å². The van der Waals surface area contributed by atoms with E-state index in [-0.39, 0.29) is 12.2 Å². The van der Waals surface area contributed by atoms with Gasteiger partial charge in [-0.2, -0.15) is 0 Å². The predicted molar refractivity (Wildman–Crippen MR) is 61.5 cm³/mol. The van der Waals surface area contributed by atoms with E-state index in [1.54, 1.807) is 6.92 Å². The van der Waals surface area contributed by atoms with Crippen molar-refractivity contribution in [2.24, 2.45) is 0 Å². The molecule has 0 atom stereocenters. The van der Waals surface area contributed by atoms with Crippen LogP contribution in [0.2, 0.25) is 0 Å². The maximum Gasteiger partial charge on any atom is 0.341 e. The summed E-state index contributed by atoms with van der Waals surface area (Å²) in [5.74, 6) is -0.825. The Balaban J connectivity index is 3.15. The number of methoxy groups -OCH3 is 1. The van der Waals surface area contributed by atoms with E-state index in [0.717, 1.165) is 0 Å². The Morgan fingerprint density at radius 2 is 2.19 bits per heavy atom. The number of carbonyl (C=O) groups excluding carboxylic acids is 1. The fourth-order valence-electron chi connectivity index (χ4n) is 1.25. The quantitative estimate of drug-likeness (QED) is 0.632. The molecule has 1 aromatic rings. The Bertz CT molecular complexity index is 393. The minimum absolute atomic E-state index is 0.108. The second-order valence-corrected chi connectivity index (χ2v) is 3.56. The molecule has 0 aliphatic carbocycles. The van der Waals surface area contributed by atoms with E-state index in [1.807, 2.05) is 0 Å². The largest absolute Gasteiger partial charge is 0.496 e. The van der Waals surface area contributed by atoms with E-state index in [4.69, 9.17) is 9.47 Å². The van der Waals surface area contributed by atoms with Crippen molar-refractivity contribution in [3.8, 4) is 5.75 Å². The van der Waals surface area contributed by atoms with Crippen molar-refractivity contribution in [2.45, 2.75) is 12.3 Å². The smallest absolute Gasteiger partial charge is 0.341 e. The maximum atomic E-state index is 13.5. The molecule has 0 N–H and O–H groups in total. The van der Waals surface area contributed by atoms with Gasteiger partial charge in [0.1, 0.15) is 11.6 Å². The summed E-state index contributed by atoms with van der Waals surface area (Å²) in [5.41, 5.74) is 0.538. The minimum atomic E-state index is -0.681. The number of benzene rings is 1. The van der Waals surface area contributed by atoms with Gasteiger partial charge in [0, 0.05) is 10.9 Å². The van der Waals surface area contributed by atoms with Crippen molar-refractivity contribution < 1.29 is 18.7 Å². The maximum absolute atomic E-state index is 13.5. The van der Waals surface area contributed by atoms with Crippen molar-refractivity contribution >= 4 is 21.9 Å². The van der Waals surface area contributed by atoms with Crippen molar-refractivity contribution in [1.82, 2.24) is 0 Å². The molecule has 0 aliphatic heterocycles. The van der Waals surface area contributed by atoms with Crippen LogP contribution in [0.3, 0.4) is 0 Å². The third-order valence-corrected chi connectivity index (χ3v) is 2.61. The van der Waals surface area contributed by atoms with Gasteiger partial charge >= 0.3 is 5.97 Å². The van der Waals surface area contributed by atoms with Crippen LogP contribution in [0.1, 0.15) is 22.8 Å². The average Bonchev–Trinajstić information content (AvgIpc) is 2.28. The highest BCUT2D eigenvalue weighted by Gasteiger charge is 2.16. The van der Waals surface area contributed by atoms with Crippen LogP contribution in [0.25, 0.3) is 0 Å². The van der Waals surface area contributed by atoms with Gasteiger partial charge in [-0.3, -0.25) is 0 Å². The topological polar surface area (TPSA) is 35.5 Å². The van der Waals surface area contributed by atoms with Gasteiger partial charge in [0.05, 0.1) is 19.3 Å². The molecule has 0 amide bonds. The molecular formula is C11H12BrFO3. The zero-order valence-corrected chi connectivity index (χ0v) is 10.6. The number of esters is 1. The molecule has 88 valence electrons. The highest BCUT2D eigenvalue weighted by Crippen LogP contribution is 2.25. The van der Waals surface area contributed by atoms with Gasteiger partial charge in [-0.1, -0.05) is 15.9 Å². The molecule has 0 bridgehead atoms. The lowest BCUT2D eigenvalue weighted by atomic mass is 10.1. The molecule has 0 unspecified atom stereocenters. The first-order chi connectivity index (χ1) is 7.63. The summed E-state index contributed by atoms with van der Waals surface area (Å²) in [6, 6.07) is 2.61. The Hall–Kier alpha value is -1.10. The Morgan fingerprint density at radius 3 is 2.69 bits per heavy atom. The Labute approximate surface area is 102 Å². The molecule has 1 aromatic carbocycles. The van der Waals surface area contributed by atoms with Crippen LogP contribution >= 0.6 is 15.9 Å². The number of hydrogen-bond donors (Lipinski definition) is 0.